The molecule has 0 fully saturated rings. The molecular weight excluding hydrogens is 378 g/mol. The van der Waals surface area contributed by atoms with Crippen LogP contribution in [-0.2, 0) is 24.4 Å². The standard InChI is InChI=1S/C24H29N3O3/c1-4-30-24(29)26-14-17-10-11-19-20(12-17)22(18-8-6-5-7-9-18)21(13-25)27(23(19)28)15-16(2)3/h5-12,16H,4,13-15,25H2,1-3H3,(H,26,29). The van der Waals surface area contributed by atoms with Crippen molar-refractivity contribution in [3.8, 4) is 11.1 Å². The first-order chi connectivity index (χ1) is 14.5. The summed E-state index contributed by atoms with van der Waals surface area (Å²) in [6.45, 7) is 7.43. The van der Waals surface area contributed by atoms with Gasteiger partial charge in [-0.3, -0.25) is 4.79 Å². The Bertz CT molecular complexity index is 1090. The number of pyridine rings is 1. The minimum absolute atomic E-state index is 0.0382. The fourth-order valence-corrected chi connectivity index (χ4v) is 3.71. The van der Waals surface area contributed by atoms with Crippen LogP contribution in [-0.4, -0.2) is 17.3 Å². The topological polar surface area (TPSA) is 86.3 Å². The fourth-order valence-electron chi connectivity index (χ4n) is 3.71. The smallest absolute Gasteiger partial charge is 0.407 e. The highest BCUT2D eigenvalue weighted by Crippen LogP contribution is 2.31. The Labute approximate surface area is 176 Å². The van der Waals surface area contributed by atoms with Crippen molar-refractivity contribution in [1.29, 1.82) is 0 Å². The third-order valence-corrected chi connectivity index (χ3v) is 4.96. The molecule has 1 amide bonds. The van der Waals surface area contributed by atoms with E-state index in [9.17, 15) is 9.59 Å². The number of ether oxygens (including phenoxy) is 1. The molecule has 0 unspecified atom stereocenters. The molecule has 2 aromatic carbocycles. The summed E-state index contributed by atoms with van der Waals surface area (Å²) < 4.78 is 6.74. The number of alkyl carbamates (subject to hydrolysis) is 1. The lowest BCUT2D eigenvalue weighted by molar-refractivity contribution is 0.151. The number of nitrogens with zero attached hydrogens (tertiary/aromatic N) is 1. The number of fused-ring (bicyclic) bond motifs is 1. The van der Waals surface area contributed by atoms with E-state index in [0.29, 0.717) is 31.0 Å². The molecule has 0 bridgehead atoms. The maximum Gasteiger partial charge on any atom is 0.407 e. The molecule has 0 aliphatic rings. The summed E-state index contributed by atoms with van der Waals surface area (Å²) in [7, 11) is 0. The van der Waals surface area contributed by atoms with E-state index in [0.717, 1.165) is 27.8 Å². The molecule has 3 aromatic rings. The molecule has 0 aliphatic heterocycles. The maximum atomic E-state index is 13.3. The lowest BCUT2D eigenvalue weighted by Crippen LogP contribution is -2.28. The van der Waals surface area contributed by atoms with E-state index >= 15 is 0 Å². The van der Waals surface area contributed by atoms with E-state index in [4.69, 9.17) is 10.5 Å². The second kappa shape index (κ2) is 9.59. The van der Waals surface area contributed by atoms with Gasteiger partial charge in [-0.1, -0.05) is 50.2 Å². The predicted molar refractivity (Wildman–Crippen MR) is 120 cm³/mol. The first-order valence-corrected chi connectivity index (χ1v) is 10.3. The van der Waals surface area contributed by atoms with Crippen molar-refractivity contribution in [2.24, 2.45) is 11.7 Å². The van der Waals surface area contributed by atoms with Gasteiger partial charge in [-0.15, -0.1) is 0 Å². The summed E-state index contributed by atoms with van der Waals surface area (Å²) >= 11 is 0. The molecule has 3 rings (SSSR count). The number of amides is 1. The first kappa shape index (κ1) is 21.6. The van der Waals surface area contributed by atoms with Crippen LogP contribution < -0.4 is 16.6 Å². The molecule has 1 aromatic heterocycles. The number of rotatable bonds is 7. The Morgan fingerprint density at radius 1 is 1.13 bits per heavy atom. The van der Waals surface area contributed by atoms with Crippen LogP contribution in [0.25, 0.3) is 21.9 Å². The minimum Gasteiger partial charge on any atom is -0.450 e. The number of nitrogens with one attached hydrogen (secondary N) is 1. The van der Waals surface area contributed by atoms with Gasteiger partial charge in [0.05, 0.1) is 6.61 Å². The maximum absolute atomic E-state index is 13.3. The Morgan fingerprint density at radius 2 is 1.87 bits per heavy atom. The van der Waals surface area contributed by atoms with Gasteiger partial charge in [0.2, 0.25) is 0 Å². The van der Waals surface area contributed by atoms with Gasteiger partial charge in [-0.25, -0.2) is 4.79 Å². The van der Waals surface area contributed by atoms with Gasteiger partial charge in [-0.05, 0) is 41.5 Å². The van der Waals surface area contributed by atoms with Gasteiger partial charge < -0.3 is 20.4 Å². The van der Waals surface area contributed by atoms with Gasteiger partial charge in [-0.2, -0.15) is 0 Å². The highest BCUT2D eigenvalue weighted by Gasteiger charge is 2.18. The van der Waals surface area contributed by atoms with Crippen LogP contribution in [0, 0.1) is 5.92 Å². The van der Waals surface area contributed by atoms with E-state index in [1.54, 1.807) is 6.92 Å². The van der Waals surface area contributed by atoms with E-state index in [2.05, 4.69) is 19.2 Å². The number of carbonyl (C=O) groups excluding carboxylic acids is 1. The van der Waals surface area contributed by atoms with Gasteiger partial charge in [0.15, 0.2) is 0 Å². The van der Waals surface area contributed by atoms with Crippen LogP contribution in [0.5, 0.6) is 0 Å². The second-order valence-corrected chi connectivity index (χ2v) is 7.66. The van der Waals surface area contributed by atoms with Crippen LogP contribution >= 0.6 is 0 Å². The lowest BCUT2D eigenvalue weighted by Gasteiger charge is -2.21. The van der Waals surface area contributed by atoms with E-state index in [1.165, 1.54) is 0 Å². The van der Waals surface area contributed by atoms with Crippen molar-refractivity contribution in [3.63, 3.8) is 0 Å². The Hall–Kier alpha value is -3.12. The summed E-state index contributed by atoms with van der Waals surface area (Å²) in [4.78, 5) is 25.0. The molecule has 0 saturated heterocycles. The predicted octanol–water partition coefficient (Wildman–Crippen LogP) is 4.03. The number of hydrogen-bond donors (Lipinski definition) is 2. The van der Waals surface area contributed by atoms with Crippen LogP contribution in [0.4, 0.5) is 4.79 Å². The molecule has 30 heavy (non-hydrogen) atoms. The van der Waals surface area contributed by atoms with Crippen LogP contribution in [0.2, 0.25) is 0 Å². The molecule has 0 aliphatic carbocycles. The summed E-state index contributed by atoms with van der Waals surface area (Å²) in [6, 6.07) is 15.6. The number of nitrogens with two attached hydrogens (primary N) is 1. The third kappa shape index (κ3) is 4.54. The minimum atomic E-state index is -0.462. The van der Waals surface area contributed by atoms with Crippen molar-refractivity contribution in [1.82, 2.24) is 9.88 Å². The zero-order chi connectivity index (χ0) is 21.7. The Morgan fingerprint density at radius 3 is 2.50 bits per heavy atom. The van der Waals surface area contributed by atoms with Crippen molar-refractivity contribution < 1.29 is 9.53 Å². The molecule has 0 saturated carbocycles. The summed E-state index contributed by atoms with van der Waals surface area (Å²) in [5, 5.41) is 4.22. The molecule has 6 heteroatoms. The largest absolute Gasteiger partial charge is 0.450 e. The van der Waals surface area contributed by atoms with E-state index in [-0.39, 0.29) is 12.1 Å². The van der Waals surface area contributed by atoms with Crippen molar-refractivity contribution in [3.05, 3.63) is 70.1 Å². The normalized spacial score (nSPS) is 11.1. The average Bonchev–Trinajstić information content (AvgIpc) is 2.74. The van der Waals surface area contributed by atoms with Crippen LogP contribution in [0.3, 0.4) is 0 Å². The van der Waals surface area contributed by atoms with Gasteiger partial charge in [0, 0.05) is 36.3 Å². The molecule has 0 radical (unpaired) electrons. The quantitative estimate of drug-likeness (QED) is 0.619. The van der Waals surface area contributed by atoms with E-state index < -0.39 is 6.09 Å². The zero-order valence-corrected chi connectivity index (χ0v) is 17.8. The highest BCUT2D eigenvalue weighted by molar-refractivity contribution is 5.97. The van der Waals surface area contributed by atoms with Crippen molar-refractivity contribution >= 4 is 16.9 Å². The lowest BCUT2D eigenvalue weighted by atomic mass is 9.95. The molecule has 1 heterocycles. The van der Waals surface area contributed by atoms with Gasteiger partial charge in [0.1, 0.15) is 0 Å². The number of aromatic nitrogens is 1. The molecule has 0 spiro atoms. The summed E-state index contributed by atoms with van der Waals surface area (Å²) in [5.41, 5.74) is 9.81. The summed E-state index contributed by atoms with van der Waals surface area (Å²) in [5.74, 6) is 0.308. The average molecular weight is 408 g/mol. The zero-order valence-electron chi connectivity index (χ0n) is 17.8. The molecular formula is C24H29N3O3. The molecule has 158 valence electrons. The number of carbonyl (C=O) groups is 1. The van der Waals surface area contributed by atoms with Gasteiger partial charge >= 0.3 is 6.09 Å². The van der Waals surface area contributed by atoms with Crippen molar-refractivity contribution in [2.45, 2.75) is 40.4 Å². The number of hydrogen-bond acceptors (Lipinski definition) is 4. The van der Waals surface area contributed by atoms with Gasteiger partial charge in [0.25, 0.3) is 5.56 Å². The van der Waals surface area contributed by atoms with Crippen molar-refractivity contribution in [2.75, 3.05) is 6.61 Å². The highest BCUT2D eigenvalue weighted by atomic mass is 16.5. The molecule has 3 N–H and O–H groups in total. The summed E-state index contributed by atoms with van der Waals surface area (Å²) in [6.07, 6.45) is -0.462. The Balaban J connectivity index is 2.22. The fraction of sp³-hybridized carbons (Fsp3) is 0.333. The monoisotopic (exact) mass is 407 g/mol. The Kier molecular flexibility index (Phi) is 6.90. The second-order valence-electron chi connectivity index (χ2n) is 7.66. The third-order valence-electron chi connectivity index (χ3n) is 4.96. The van der Waals surface area contributed by atoms with E-state index in [1.807, 2.05) is 53.1 Å². The van der Waals surface area contributed by atoms with Crippen LogP contribution in [0.15, 0.2) is 53.3 Å². The molecule has 6 nitrogen and oxygen atoms in total. The number of benzene rings is 2. The first-order valence-electron chi connectivity index (χ1n) is 10.3. The SMILES string of the molecule is CCOC(=O)NCc1ccc2c(=O)n(CC(C)C)c(CN)c(-c3ccccc3)c2c1. The molecule has 0 atom stereocenters. The van der Waals surface area contributed by atoms with Crippen LogP contribution in [0.1, 0.15) is 32.0 Å².